The van der Waals surface area contributed by atoms with Gasteiger partial charge in [-0.3, -0.25) is 9.59 Å². The lowest BCUT2D eigenvalue weighted by Gasteiger charge is -2.18. The van der Waals surface area contributed by atoms with E-state index in [4.69, 9.17) is 5.73 Å². The predicted molar refractivity (Wildman–Crippen MR) is 63.4 cm³/mol. The van der Waals surface area contributed by atoms with E-state index in [-0.39, 0.29) is 11.7 Å². The summed E-state index contributed by atoms with van der Waals surface area (Å²) in [6, 6.07) is 4.87. The molecule has 0 fully saturated rings. The molecule has 4 nitrogen and oxygen atoms in total. The number of anilines is 1. The molecule has 0 aromatic heterocycles. The normalized spacial score (nSPS) is 16.2. The summed E-state index contributed by atoms with van der Waals surface area (Å²) >= 11 is 1.49. The second kappa shape index (κ2) is 4.27. The Hall–Kier alpha value is -1.33. The van der Waals surface area contributed by atoms with Gasteiger partial charge in [0.15, 0.2) is 5.78 Å². The van der Waals surface area contributed by atoms with Crippen LogP contribution in [0.3, 0.4) is 0 Å². The number of ketones is 1. The number of thioether (sulfide) groups is 1. The van der Waals surface area contributed by atoms with Crippen LogP contribution < -0.4 is 11.1 Å². The van der Waals surface area contributed by atoms with E-state index in [2.05, 4.69) is 5.32 Å². The van der Waals surface area contributed by atoms with Crippen molar-refractivity contribution in [2.75, 3.05) is 11.1 Å². The molecular formula is C11H12N2O2S. The quantitative estimate of drug-likeness (QED) is 0.812. The molecule has 1 unspecified atom stereocenters. The number of fused-ring (bicyclic) bond motifs is 1. The van der Waals surface area contributed by atoms with Gasteiger partial charge < -0.3 is 11.1 Å². The summed E-state index contributed by atoms with van der Waals surface area (Å²) in [4.78, 5) is 23.4. The third-order valence-electron chi connectivity index (χ3n) is 2.43. The van der Waals surface area contributed by atoms with E-state index < -0.39 is 6.04 Å². The molecule has 1 atom stereocenters. The molecule has 5 heteroatoms. The zero-order chi connectivity index (χ0) is 11.7. The van der Waals surface area contributed by atoms with E-state index in [1.54, 1.807) is 6.07 Å². The summed E-state index contributed by atoms with van der Waals surface area (Å²) < 4.78 is 0. The predicted octanol–water partition coefficient (Wildman–Crippen LogP) is 1.32. The van der Waals surface area contributed by atoms with Gasteiger partial charge in [-0.15, -0.1) is 11.8 Å². The maximum atomic E-state index is 11.2. The van der Waals surface area contributed by atoms with Gasteiger partial charge in [0.05, 0.1) is 17.5 Å². The maximum Gasteiger partial charge on any atom is 0.234 e. The average Bonchev–Trinajstić information content (AvgIpc) is 2.26. The van der Waals surface area contributed by atoms with E-state index in [0.29, 0.717) is 5.75 Å². The van der Waals surface area contributed by atoms with Crippen LogP contribution in [0.4, 0.5) is 5.69 Å². The number of rotatable bonds is 2. The zero-order valence-electron chi connectivity index (χ0n) is 8.82. The molecule has 84 valence electrons. The molecule has 1 aromatic rings. The number of nitrogens with two attached hydrogens (primary N) is 1. The minimum absolute atomic E-state index is 0.0222. The van der Waals surface area contributed by atoms with E-state index in [1.807, 2.05) is 12.1 Å². The molecule has 1 amide bonds. The molecule has 2 rings (SSSR count). The van der Waals surface area contributed by atoms with Gasteiger partial charge in [-0.25, -0.2) is 0 Å². The Morgan fingerprint density at radius 1 is 1.56 bits per heavy atom. The van der Waals surface area contributed by atoms with Gasteiger partial charge in [-0.1, -0.05) is 6.07 Å². The fourth-order valence-electron chi connectivity index (χ4n) is 1.53. The Morgan fingerprint density at radius 2 is 2.31 bits per heavy atom. The van der Waals surface area contributed by atoms with Crippen LogP contribution in [0.1, 0.15) is 18.5 Å². The number of hydrogen-bond acceptors (Lipinski definition) is 4. The van der Waals surface area contributed by atoms with Crippen molar-refractivity contribution in [1.82, 2.24) is 0 Å². The van der Waals surface area contributed by atoms with Crippen molar-refractivity contribution in [2.24, 2.45) is 5.73 Å². The molecule has 0 saturated heterocycles. The summed E-state index contributed by atoms with van der Waals surface area (Å²) in [5.74, 6) is 0.325. The van der Waals surface area contributed by atoms with Crippen LogP contribution in [0.2, 0.25) is 0 Å². The summed E-state index contributed by atoms with van der Waals surface area (Å²) in [5, 5.41) is 2.77. The van der Waals surface area contributed by atoms with E-state index >= 15 is 0 Å². The minimum Gasteiger partial charge on any atom is -0.324 e. The number of Topliss-reactive ketones (excluding diaryl/α,β-unsaturated/α-hetero) is 1. The number of benzene rings is 1. The topological polar surface area (TPSA) is 72.2 Å². The van der Waals surface area contributed by atoms with Crippen molar-refractivity contribution in [2.45, 2.75) is 17.9 Å². The Balaban J connectivity index is 2.34. The lowest BCUT2D eigenvalue weighted by molar-refractivity contribution is -0.118. The van der Waals surface area contributed by atoms with E-state index in [1.165, 1.54) is 18.7 Å². The number of nitrogens with one attached hydrogen (secondary N) is 1. The summed E-state index contributed by atoms with van der Waals surface area (Å²) in [6.07, 6.45) is 0. The highest BCUT2D eigenvalue weighted by Gasteiger charge is 2.18. The van der Waals surface area contributed by atoms with Crippen LogP contribution in [-0.4, -0.2) is 17.4 Å². The number of carbonyl (C=O) groups is 2. The van der Waals surface area contributed by atoms with Gasteiger partial charge in [-0.05, 0) is 24.6 Å². The third kappa shape index (κ3) is 2.10. The first kappa shape index (κ1) is 11.2. The largest absolute Gasteiger partial charge is 0.324 e. The second-order valence-electron chi connectivity index (χ2n) is 3.68. The molecule has 1 aromatic carbocycles. The van der Waals surface area contributed by atoms with Gasteiger partial charge >= 0.3 is 0 Å². The van der Waals surface area contributed by atoms with E-state index in [0.717, 1.165) is 16.1 Å². The number of amides is 1. The molecule has 0 bridgehead atoms. The van der Waals surface area contributed by atoms with Crippen LogP contribution in [0, 0.1) is 0 Å². The third-order valence-corrected chi connectivity index (χ3v) is 3.51. The van der Waals surface area contributed by atoms with Crippen molar-refractivity contribution in [3.63, 3.8) is 0 Å². The number of carbonyl (C=O) groups excluding carboxylic acids is 2. The highest BCUT2D eigenvalue weighted by molar-refractivity contribution is 8.00. The fraction of sp³-hybridized carbons (Fsp3) is 0.273. The molecule has 0 saturated carbocycles. The average molecular weight is 236 g/mol. The van der Waals surface area contributed by atoms with Crippen LogP contribution in [0.5, 0.6) is 0 Å². The molecule has 0 aliphatic carbocycles. The lowest BCUT2D eigenvalue weighted by atomic mass is 10.0. The summed E-state index contributed by atoms with van der Waals surface area (Å²) in [7, 11) is 0. The highest BCUT2D eigenvalue weighted by atomic mass is 32.2. The first-order chi connectivity index (χ1) is 7.58. The molecule has 0 spiro atoms. The Morgan fingerprint density at radius 3 is 3.00 bits per heavy atom. The van der Waals surface area contributed by atoms with Crippen LogP contribution in [0.15, 0.2) is 23.1 Å². The van der Waals surface area contributed by atoms with Crippen LogP contribution in [-0.2, 0) is 9.59 Å². The van der Waals surface area contributed by atoms with Gasteiger partial charge in [0.2, 0.25) is 5.91 Å². The molecule has 1 heterocycles. The molecule has 0 radical (unpaired) electrons. The van der Waals surface area contributed by atoms with Crippen molar-refractivity contribution < 1.29 is 9.59 Å². The fourth-order valence-corrected chi connectivity index (χ4v) is 2.32. The molecule has 1 aliphatic rings. The molecule has 16 heavy (non-hydrogen) atoms. The van der Waals surface area contributed by atoms with Crippen LogP contribution in [0.25, 0.3) is 0 Å². The Bertz CT molecular complexity index is 459. The van der Waals surface area contributed by atoms with Gasteiger partial charge in [0.1, 0.15) is 0 Å². The monoisotopic (exact) mass is 236 g/mol. The standard InChI is InChI=1S/C11H12N2O2S/c1-6(14)11(12)7-2-3-9-8(4-7)13-10(15)5-16-9/h2-4,11H,5,12H2,1H3,(H,13,15). The van der Waals surface area contributed by atoms with Crippen molar-refractivity contribution in [1.29, 1.82) is 0 Å². The minimum atomic E-state index is -0.617. The van der Waals surface area contributed by atoms with Gasteiger partial charge in [-0.2, -0.15) is 0 Å². The Kier molecular flexibility index (Phi) is 2.98. The molecular weight excluding hydrogens is 224 g/mol. The zero-order valence-corrected chi connectivity index (χ0v) is 9.64. The number of hydrogen-bond donors (Lipinski definition) is 2. The maximum absolute atomic E-state index is 11.2. The summed E-state index contributed by atoms with van der Waals surface area (Å²) in [6.45, 7) is 1.46. The van der Waals surface area contributed by atoms with Gasteiger partial charge in [0, 0.05) is 4.90 Å². The Labute approximate surface area is 97.6 Å². The van der Waals surface area contributed by atoms with Crippen LogP contribution >= 0.6 is 11.8 Å². The van der Waals surface area contributed by atoms with Gasteiger partial charge in [0.25, 0.3) is 0 Å². The SMILES string of the molecule is CC(=O)C(N)c1ccc2c(c1)NC(=O)CS2. The first-order valence-electron chi connectivity index (χ1n) is 4.90. The van der Waals surface area contributed by atoms with E-state index in [9.17, 15) is 9.59 Å². The van der Waals surface area contributed by atoms with Crippen molar-refractivity contribution in [3.05, 3.63) is 23.8 Å². The van der Waals surface area contributed by atoms with Crippen molar-refractivity contribution in [3.8, 4) is 0 Å². The highest BCUT2D eigenvalue weighted by Crippen LogP contribution is 2.33. The van der Waals surface area contributed by atoms with Crippen molar-refractivity contribution >= 4 is 29.1 Å². The lowest BCUT2D eigenvalue weighted by Crippen LogP contribution is -2.21. The first-order valence-corrected chi connectivity index (χ1v) is 5.89. The second-order valence-corrected chi connectivity index (χ2v) is 4.70. The smallest absolute Gasteiger partial charge is 0.234 e. The molecule has 1 aliphatic heterocycles. The molecule has 3 N–H and O–H groups in total. The summed E-state index contributed by atoms with van der Waals surface area (Å²) in [5.41, 5.74) is 7.21.